The van der Waals surface area contributed by atoms with Gasteiger partial charge in [0, 0.05) is 11.8 Å². The highest BCUT2D eigenvalue weighted by molar-refractivity contribution is 9.10. The Kier molecular flexibility index (Phi) is 5.47. The third kappa shape index (κ3) is 4.37. The summed E-state index contributed by atoms with van der Waals surface area (Å²) in [7, 11) is 1.59. The molecule has 2 rings (SSSR count). The van der Waals surface area contributed by atoms with Crippen LogP contribution in [0.1, 0.15) is 0 Å². The normalized spacial score (nSPS) is 10.0. The minimum atomic E-state index is -0.176. The van der Waals surface area contributed by atoms with Crippen molar-refractivity contribution in [2.45, 2.75) is 0 Å². The van der Waals surface area contributed by atoms with Gasteiger partial charge in [0.05, 0.1) is 28.8 Å². The van der Waals surface area contributed by atoms with Gasteiger partial charge in [-0.1, -0.05) is 23.7 Å². The number of hydrogen-bond donors (Lipinski definition) is 2. The molecule has 2 aromatic carbocycles. The molecule has 0 aromatic heterocycles. The van der Waals surface area contributed by atoms with Crippen LogP contribution in [0.5, 0.6) is 5.75 Å². The molecule has 21 heavy (non-hydrogen) atoms. The largest absolute Gasteiger partial charge is 0.495 e. The number of rotatable bonds is 5. The van der Waals surface area contributed by atoms with E-state index in [4.69, 9.17) is 16.3 Å². The highest BCUT2D eigenvalue weighted by Crippen LogP contribution is 2.27. The zero-order valence-corrected chi connectivity index (χ0v) is 13.7. The third-order valence-electron chi connectivity index (χ3n) is 2.75. The molecule has 0 fully saturated rings. The van der Waals surface area contributed by atoms with E-state index in [-0.39, 0.29) is 12.5 Å². The van der Waals surface area contributed by atoms with Crippen molar-refractivity contribution < 1.29 is 9.53 Å². The van der Waals surface area contributed by atoms with Gasteiger partial charge in [-0.15, -0.1) is 0 Å². The number of hydrogen-bond acceptors (Lipinski definition) is 3. The second-order valence-corrected chi connectivity index (χ2v) is 5.49. The predicted molar refractivity (Wildman–Crippen MR) is 89.3 cm³/mol. The fraction of sp³-hybridized carbons (Fsp3) is 0.133. The van der Waals surface area contributed by atoms with Crippen molar-refractivity contribution in [3.05, 3.63) is 52.0 Å². The average Bonchev–Trinajstić information content (AvgIpc) is 2.49. The number of carbonyl (C=O) groups excluding carboxylic acids is 1. The van der Waals surface area contributed by atoms with Crippen LogP contribution in [0.2, 0.25) is 5.02 Å². The highest BCUT2D eigenvalue weighted by atomic mass is 79.9. The molecule has 110 valence electrons. The van der Waals surface area contributed by atoms with E-state index in [1.807, 2.05) is 30.3 Å². The second kappa shape index (κ2) is 7.33. The second-order valence-electron chi connectivity index (χ2n) is 4.23. The van der Waals surface area contributed by atoms with Crippen molar-refractivity contribution in [1.82, 2.24) is 0 Å². The number of ether oxygens (including phenoxy) is 1. The Bertz CT molecular complexity index is 649. The minimum absolute atomic E-state index is 0.135. The lowest BCUT2D eigenvalue weighted by atomic mass is 10.3. The molecule has 4 nitrogen and oxygen atoms in total. The quantitative estimate of drug-likeness (QED) is 0.832. The van der Waals surface area contributed by atoms with Crippen molar-refractivity contribution in [3.8, 4) is 5.75 Å². The molecule has 0 heterocycles. The number of amides is 1. The van der Waals surface area contributed by atoms with Crippen LogP contribution in [0.4, 0.5) is 11.4 Å². The molecule has 0 saturated carbocycles. The molecule has 6 heteroatoms. The van der Waals surface area contributed by atoms with Crippen molar-refractivity contribution in [2.75, 3.05) is 24.3 Å². The number of anilines is 2. The number of nitrogens with one attached hydrogen (secondary N) is 2. The van der Waals surface area contributed by atoms with Gasteiger partial charge < -0.3 is 15.4 Å². The maximum absolute atomic E-state index is 11.9. The summed E-state index contributed by atoms with van der Waals surface area (Å²) in [6.07, 6.45) is 0. The Balaban J connectivity index is 1.94. The Labute approximate surface area is 136 Å². The lowest BCUT2D eigenvalue weighted by molar-refractivity contribution is -0.114. The third-order valence-corrected chi connectivity index (χ3v) is 3.74. The molecule has 2 aromatic rings. The number of carbonyl (C=O) groups is 1. The van der Waals surface area contributed by atoms with E-state index in [9.17, 15) is 4.79 Å². The van der Waals surface area contributed by atoms with Crippen LogP contribution in [0.25, 0.3) is 0 Å². The van der Waals surface area contributed by atoms with Crippen LogP contribution in [0.15, 0.2) is 46.9 Å². The van der Waals surface area contributed by atoms with Crippen molar-refractivity contribution >= 4 is 44.8 Å². The van der Waals surface area contributed by atoms with Gasteiger partial charge in [0.2, 0.25) is 5.91 Å². The van der Waals surface area contributed by atoms with Gasteiger partial charge in [0.15, 0.2) is 0 Å². The first kappa shape index (κ1) is 15.7. The Morgan fingerprint density at radius 2 is 2.05 bits per heavy atom. The van der Waals surface area contributed by atoms with Crippen molar-refractivity contribution in [2.24, 2.45) is 0 Å². The summed E-state index contributed by atoms with van der Waals surface area (Å²) >= 11 is 9.36. The number of benzene rings is 2. The maximum atomic E-state index is 11.9. The first-order valence-electron chi connectivity index (χ1n) is 6.22. The van der Waals surface area contributed by atoms with E-state index in [2.05, 4.69) is 26.6 Å². The summed E-state index contributed by atoms with van der Waals surface area (Å²) < 4.78 is 6.06. The van der Waals surface area contributed by atoms with Gasteiger partial charge >= 0.3 is 0 Å². The topological polar surface area (TPSA) is 50.4 Å². The highest BCUT2D eigenvalue weighted by Gasteiger charge is 2.06. The van der Waals surface area contributed by atoms with Crippen LogP contribution >= 0.6 is 27.5 Å². The Morgan fingerprint density at radius 3 is 2.76 bits per heavy atom. The SMILES string of the molecule is COc1cc(NCC(=O)Nc2ccccc2Cl)ccc1Br. The van der Waals surface area contributed by atoms with E-state index in [0.29, 0.717) is 16.5 Å². The summed E-state index contributed by atoms with van der Waals surface area (Å²) in [6.45, 7) is 0.135. The first-order chi connectivity index (χ1) is 10.1. The molecule has 0 aliphatic carbocycles. The number of methoxy groups -OCH3 is 1. The van der Waals surface area contributed by atoms with E-state index in [1.165, 1.54) is 0 Å². The van der Waals surface area contributed by atoms with Crippen LogP contribution in [0, 0.1) is 0 Å². The summed E-state index contributed by atoms with van der Waals surface area (Å²) in [4.78, 5) is 11.9. The molecule has 0 spiro atoms. The van der Waals surface area contributed by atoms with Crippen molar-refractivity contribution in [1.29, 1.82) is 0 Å². The summed E-state index contributed by atoms with van der Waals surface area (Å²) in [6, 6.07) is 12.6. The minimum Gasteiger partial charge on any atom is -0.495 e. The number of para-hydroxylation sites is 1. The van der Waals surface area contributed by atoms with Gasteiger partial charge in [-0.3, -0.25) is 4.79 Å². The van der Waals surface area contributed by atoms with E-state index < -0.39 is 0 Å². The smallest absolute Gasteiger partial charge is 0.243 e. The molecule has 0 aliphatic heterocycles. The zero-order chi connectivity index (χ0) is 15.2. The predicted octanol–water partition coefficient (Wildman–Crippen LogP) is 4.16. The summed E-state index contributed by atoms with van der Waals surface area (Å²) in [5.74, 6) is 0.525. The standard InChI is InChI=1S/C15H14BrClN2O2/c1-21-14-8-10(6-7-11(14)16)18-9-15(20)19-13-5-3-2-4-12(13)17/h2-8,18H,9H2,1H3,(H,19,20). The fourth-order valence-electron chi connectivity index (χ4n) is 1.71. The Morgan fingerprint density at radius 1 is 1.29 bits per heavy atom. The molecular formula is C15H14BrClN2O2. The zero-order valence-electron chi connectivity index (χ0n) is 11.3. The molecule has 2 N–H and O–H groups in total. The van der Waals surface area contributed by atoms with Crippen molar-refractivity contribution in [3.63, 3.8) is 0 Å². The molecule has 0 radical (unpaired) electrons. The van der Waals surface area contributed by atoms with Gasteiger partial charge in [0.25, 0.3) is 0 Å². The lowest BCUT2D eigenvalue weighted by Gasteiger charge is -2.10. The van der Waals surface area contributed by atoms with E-state index >= 15 is 0 Å². The molecule has 0 unspecified atom stereocenters. The summed E-state index contributed by atoms with van der Waals surface area (Å²) in [5, 5.41) is 6.29. The lowest BCUT2D eigenvalue weighted by Crippen LogP contribution is -2.21. The molecule has 0 saturated heterocycles. The summed E-state index contributed by atoms with van der Waals surface area (Å²) in [5.41, 5.74) is 1.39. The molecule has 1 amide bonds. The fourth-order valence-corrected chi connectivity index (χ4v) is 2.30. The van der Waals surface area contributed by atoms with E-state index in [1.54, 1.807) is 19.2 Å². The van der Waals surface area contributed by atoms with Crippen LogP contribution in [-0.4, -0.2) is 19.6 Å². The molecule has 0 aliphatic rings. The van der Waals surface area contributed by atoms with Gasteiger partial charge in [-0.05, 0) is 40.2 Å². The van der Waals surface area contributed by atoms with Crippen LogP contribution < -0.4 is 15.4 Å². The van der Waals surface area contributed by atoms with Gasteiger partial charge in [-0.2, -0.15) is 0 Å². The maximum Gasteiger partial charge on any atom is 0.243 e. The van der Waals surface area contributed by atoms with Gasteiger partial charge in [-0.25, -0.2) is 0 Å². The van der Waals surface area contributed by atoms with Crippen LogP contribution in [0.3, 0.4) is 0 Å². The first-order valence-corrected chi connectivity index (χ1v) is 7.39. The van der Waals surface area contributed by atoms with E-state index in [0.717, 1.165) is 10.2 Å². The molecule has 0 atom stereocenters. The van der Waals surface area contributed by atoms with Crippen LogP contribution in [-0.2, 0) is 4.79 Å². The molecule has 0 bridgehead atoms. The average molecular weight is 370 g/mol. The van der Waals surface area contributed by atoms with Gasteiger partial charge in [0.1, 0.15) is 5.75 Å². The Hall–Kier alpha value is -1.72. The molecular weight excluding hydrogens is 356 g/mol. The monoisotopic (exact) mass is 368 g/mol. The number of halogens is 2.